The number of sulfone groups is 1. The van der Waals surface area contributed by atoms with Crippen molar-refractivity contribution in [3.8, 4) is 17.1 Å². The van der Waals surface area contributed by atoms with E-state index in [2.05, 4.69) is 15.5 Å². The van der Waals surface area contributed by atoms with E-state index in [0.29, 0.717) is 5.56 Å². The summed E-state index contributed by atoms with van der Waals surface area (Å²) in [5, 5.41) is 9.71. The Labute approximate surface area is 227 Å². The molecule has 0 atom stereocenters. The first-order valence-corrected chi connectivity index (χ1v) is 13.6. The molecule has 0 radical (unpaired) electrons. The number of nitrogens with zero attached hydrogens (tertiary/aromatic N) is 3. The summed E-state index contributed by atoms with van der Waals surface area (Å²) in [6, 6.07) is 11.4. The zero-order valence-electron chi connectivity index (χ0n) is 21.9. The predicted molar refractivity (Wildman–Crippen MR) is 140 cm³/mol. The average Bonchev–Trinajstić information content (AvgIpc) is 3.33. The minimum atomic E-state index is -4.65. The normalized spacial score (nSPS) is 12.1. The number of alkyl halides is 3. The zero-order chi connectivity index (χ0) is 29.4. The number of hydrogen-bond donors (Lipinski definition) is 1. The molecule has 4 rings (SSSR count). The minimum Gasteiger partial charge on any atom is -0.421 e. The van der Waals surface area contributed by atoms with Gasteiger partial charge in [-0.2, -0.15) is 13.2 Å². The maximum atomic E-state index is 13.5. The first-order chi connectivity index (χ1) is 18.7. The molecule has 0 fully saturated rings. The summed E-state index contributed by atoms with van der Waals surface area (Å²) in [6.45, 7) is 6.12. The third kappa shape index (κ3) is 5.69. The van der Waals surface area contributed by atoms with Crippen molar-refractivity contribution in [2.24, 2.45) is 0 Å². The molecule has 0 spiro atoms. The van der Waals surface area contributed by atoms with Crippen LogP contribution >= 0.6 is 0 Å². The van der Waals surface area contributed by atoms with Gasteiger partial charge >= 0.3 is 6.18 Å². The fourth-order valence-corrected chi connectivity index (χ4v) is 5.03. The number of carbonyl (C=O) groups is 1. The lowest BCUT2D eigenvalue weighted by atomic mass is 10.1. The van der Waals surface area contributed by atoms with Crippen molar-refractivity contribution in [1.82, 2.24) is 20.1 Å². The summed E-state index contributed by atoms with van der Waals surface area (Å²) in [5.74, 6) is -0.617. The highest BCUT2D eigenvalue weighted by Crippen LogP contribution is 2.31. The summed E-state index contributed by atoms with van der Waals surface area (Å²) < 4.78 is 71.4. The number of benzene rings is 2. The smallest absolute Gasteiger partial charge is 0.416 e. The fourth-order valence-electron chi connectivity index (χ4n) is 3.97. The molecule has 0 saturated heterocycles. The van der Waals surface area contributed by atoms with Crippen LogP contribution in [0.25, 0.3) is 17.1 Å². The first kappa shape index (κ1) is 28.7. The monoisotopic (exact) mass is 574 g/mol. The van der Waals surface area contributed by atoms with Gasteiger partial charge < -0.3 is 9.73 Å². The van der Waals surface area contributed by atoms with E-state index in [0.717, 1.165) is 22.8 Å². The lowest BCUT2D eigenvalue weighted by Crippen LogP contribution is -2.33. The van der Waals surface area contributed by atoms with E-state index in [-0.39, 0.29) is 45.7 Å². The van der Waals surface area contributed by atoms with Gasteiger partial charge in [-0.3, -0.25) is 14.2 Å². The maximum Gasteiger partial charge on any atom is 0.416 e. The number of hydrogen-bond acceptors (Lipinski definition) is 7. The van der Waals surface area contributed by atoms with Crippen LogP contribution in [0.2, 0.25) is 0 Å². The lowest BCUT2D eigenvalue weighted by Gasteiger charge is -2.17. The van der Waals surface area contributed by atoms with Crippen molar-refractivity contribution in [3.63, 3.8) is 0 Å². The van der Waals surface area contributed by atoms with E-state index >= 15 is 0 Å². The van der Waals surface area contributed by atoms with E-state index in [4.69, 9.17) is 4.42 Å². The summed E-state index contributed by atoms with van der Waals surface area (Å²) in [4.78, 5) is 26.8. The predicted octanol–water partition coefficient (Wildman–Crippen LogP) is 4.64. The van der Waals surface area contributed by atoms with Gasteiger partial charge in [-0.05, 0) is 62.7 Å². The van der Waals surface area contributed by atoms with Crippen LogP contribution in [0, 0.1) is 13.8 Å². The molecule has 0 unspecified atom stereocenters. The molecule has 0 aliphatic heterocycles. The Bertz CT molecular complexity index is 1740. The standard InChI is InChI=1S/C27H25F3N4O5S/c1-15(2)40(37,38)21-10-8-18(9-11-21)14-31-24(35)23-13-22(25-33-32-17(4)39-25)16(3)34(26(23)36)20-7-5-6-19(12-20)27(28,29)30/h5-13,15H,14H2,1-4H3,(H,31,35). The molecule has 2 heterocycles. The Morgan fingerprint density at radius 2 is 1.73 bits per heavy atom. The summed E-state index contributed by atoms with van der Waals surface area (Å²) in [5.41, 5.74) is -1.36. The molecule has 2 aromatic heterocycles. The topological polar surface area (TPSA) is 124 Å². The number of carbonyl (C=O) groups excluding carboxylic acids is 1. The molecule has 9 nitrogen and oxygen atoms in total. The fraction of sp³-hybridized carbons (Fsp3) is 0.259. The number of aryl methyl sites for hydroxylation is 1. The van der Waals surface area contributed by atoms with Gasteiger partial charge in [0.1, 0.15) is 5.56 Å². The van der Waals surface area contributed by atoms with Gasteiger partial charge in [-0.25, -0.2) is 8.42 Å². The third-order valence-electron chi connectivity index (χ3n) is 6.21. The summed E-state index contributed by atoms with van der Waals surface area (Å²) >= 11 is 0. The lowest BCUT2D eigenvalue weighted by molar-refractivity contribution is -0.137. The van der Waals surface area contributed by atoms with Crippen LogP contribution in [0.5, 0.6) is 0 Å². The number of nitrogens with one attached hydrogen (secondary N) is 1. The highest BCUT2D eigenvalue weighted by atomic mass is 32.2. The van der Waals surface area contributed by atoms with Gasteiger partial charge in [-0.1, -0.05) is 18.2 Å². The second-order valence-electron chi connectivity index (χ2n) is 9.29. The van der Waals surface area contributed by atoms with E-state index in [9.17, 15) is 31.2 Å². The second-order valence-corrected chi connectivity index (χ2v) is 11.8. The number of amides is 1. The number of halogens is 3. The first-order valence-electron chi connectivity index (χ1n) is 12.1. The molecule has 0 bridgehead atoms. The number of aromatic nitrogens is 3. The Balaban J connectivity index is 1.74. The van der Waals surface area contributed by atoms with E-state index in [1.807, 2.05) is 0 Å². The van der Waals surface area contributed by atoms with Crippen LogP contribution in [-0.2, 0) is 22.6 Å². The quantitative estimate of drug-likeness (QED) is 0.341. The van der Waals surface area contributed by atoms with Crippen LogP contribution in [-0.4, -0.2) is 34.3 Å². The van der Waals surface area contributed by atoms with Gasteiger partial charge in [0.15, 0.2) is 9.84 Å². The molecule has 1 amide bonds. The van der Waals surface area contributed by atoms with Crippen LogP contribution < -0.4 is 10.9 Å². The van der Waals surface area contributed by atoms with Crippen LogP contribution in [0.3, 0.4) is 0 Å². The minimum absolute atomic E-state index is 0.0215. The molecule has 0 saturated carbocycles. The SMILES string of the molecule is Cc1nnc(-c2cc(C(=O)NCc3ccc(S(=O)(=O)C(C)C)cc3)c(=O)n(-c3cccc(C(F)(F)F)c3)c2C)o1. The second kappa shape index (κ2) is 10.7. The van der Waals surface area contributed by atoms with Crippen molar-refractivity contribution in [1.29, 1.82) is 0 Å². The Kier molecular flexibility index (Phi) is 7.70. The van der Waals surface area contributed by atoms with Gasteiger partial charge in [0.2, 0.25) is 11.8 Å². The van der Waals surface area contributed by atoms with Crippen LogP contribution in [0.4, 0.5) is 13.2 Å². The zero-order valence-corrected chi connectivity index (χ0v) is 22.7. The van der Waals surface area contributed by atoms with Crippen molar-refractivity contribution in [2.45, 2.75) is 50.6 Å². The van der Waals surface area contributed by atoms with Crippen molar-refractivity contribution in [2.75, 3.05) is 0 Å². The van der Waals surface area contributed by atoms with Gasteiger partial charge in [0, 0.05) is 24.8 Å². The molecule has 0 aliphatic carbocycles. The van der Waals surface area contributed by atoms with E-state index in [1.165, 1.54) is 43.3 Å². The molecule has 4 aromatic rings. The van der Waals surface area contributed by atoms with Crippen molar-refractivity contribution < 1.29 is 30.8 Å². The summed E-state index contributed by atoms with van der Waals surface area (Å²) in [7, 11) is -3.47. The third-order valence-corrected chi connectivity index (χ3v) is 8.38. The van der Waals surface area contributed by atoms with E-state index in [1.54, 1.807) is 20.8 Å². The number of pyridine rings is 1. The van der Waals surface area contributed by atoms with Crippen molar-refractivity contribution >= 4 is 15.7 Å². The number of rotatable bonds is 7. The van der Waals surface area contributed by atoms with Gasteiger partial charge in [0.05, 0.1) is 21.3 Å². The molecule has 40 heavy (non-hydrogen) atoms. The van der Waals surface area contributed by atoms with E-state index < -0.39 is 38.3 Å². The molecule has 1 N–H and O–H groups in total. The van der Waals surface area contributed by atoms with Crippen molar-refractivity contribution in [3.05, 3.63) is 93.2 Å². The molecular formula is C27H25F3N4O5S. The molecule has 210 valence electrons. The molecular weight excluding hydrogens is 549 g/mol. The highest BCUT2D eigenvalue weighted by molar-refractivity contribution is 7.92. The Hall–Kier alpha value is -4.26. The Morgan fingerprint density at radius 3 is 2.30 bits per heavy atom. The van der Waals surface area contributed by atoms with Gasteiger partial charge in [0.25, 0.3) is 11.5 Å². The van der Waals surface area contributed by atoms with Gasteiger partial charge in [-0.15, -0.1) is 10.2 Å². The van der Waals surface area contributed by atoms with Crippen LogP contribution in [0.1, 0.15) is 46.9 Å². The van der Waals surface area contributed by atoms with Crippen LogP contribution in [0.15, 0.2) is 68.7 Å². The molecule has 13 heteroatoms. The largest absolute Gasteiger partial charge is 0.421 e. The molecule has 2 aromatic carbocycles. The average molecular weight is 575 g/mol. The molecule has 0 aliphatic rings. The maximum absolute atomic E-state index is 13.5. The highest BCUT2D eigenvalue weighted by Gasteiger charge is 2.31. The summed E-state index contributed by atoms with van der Waals surface area (Å²) in [6.07, 6.45) is -4.65. The Morgan fingerprint density at radius 1 is 1.05 bits per heavy atom.